The summed E-state index contributed by atoms with van der Waals surface area (Å²) in [7, 11) is 0. The van der Waals surface area contributed by atoms with Gasteiger partial charge in [-0.25, -0.2) is 0 Å². The van der Waals surface area contributed by atoms with Crippen LogP contribution in [0.5, 0.6) is 0 Å². The molecule has 0 fully saturated rings. The SMILES string of the molecule is CC1(C)c2ccccc2-c2ccc(-c3ccc(N(c4ccc(-c5ccc6oc7ccccc7c6c5)cc4)c4ccccc4-c4cccc(-c5cccc6ccccc56)c4)cc3)cc21. The quantitative estimate of drug-likeness (QED) is 0.160. The molecule has 0 unspecified atom stereocenters. The number of hydrogen-bond acceptors (Lipinski definition) is 2. The van der Waals surface area contributed by atoms with E-state index < -0.39 is 0 Å². The van der Waals surface area contributed by atoms with E-state index in [0.717, 1.165) is 61.3 Å². The van der Waals surface area contributed by atoms with Crippen LogP contribution < -0.4 is 4.90 Å². The first-order chi connectivity index (χ1) is 31.0. The van der Waals surface area contributed by atoms with Gasteiger partial charge in [-0.1, -0.05) is 178 Å². The Morgan fingerprint density at radius 3 is 1.67 bits per heavy atom. The zero-order valence-electron chi connectivity index (χ0n) is 35.2. The normalized spacial score (nSPS) is 12.7. The van der Waals surface area contributed by atoms with Crippen LogP contribution in [0.1, 0.15) is 25.0 Å². The summed E-state index contributed by atoms with van der Waals surface area (Å²) < 4.78 is 6.16. The van der Waals surface area contributed by atoms with Crippen LogP contribution in [-0.2, 0) is 5.41 Å². The number of para-hydroxylation sites is 2. The molecule has 10 aromatic carbocycles. The molecule has 0 aliphatic heterocycles. The number of benzene rings is 10. The summed E-state index contributed by atoms with van der Waals surface area (Å²) in [5, 5.41) is 4.76. The zero-order valence-corrected chi connectivity index (χ0v) is 35.2. The summed E-state index contributed by atoms with van der Waals surface area (Å²) in [6.45, 7) is 4.70. The molecule has 0 saturated carbocycles. The number of furan rings is 1. The standard InChI is InChI=1S/C61H43NO/c1-61(2)56-22-8-5-19-52(56)53-35-29-44(39-57(53)61)41-27-33-48(34-28-41)62(47-31-25-40(26-32-47)43-30-36-60-55(38-43)54-20-7-10-24-59(54)63-60)58-23-9-6-18-51(58)46-16-11-15-45(37-46)50-21-12-14-42-13-3-4-17-49(42)50/h3-39H,1-2H3. The van der Waals surface area contributed by atoms with E-state index in [2.05, 4.69) is 231 Å². The fourth-order valence-electron chi connectivity index (χ4n) is 10.1. The van der Waals surface area contributed by atoms with Crippen LogP contribution in [0.25, 0.3) is 88.3 Å². The molecule has 0 radical (unpaired) electrons. The molecule has 0 saturated heterocycles. The van der Waals surface area contributed by atoms with E-state index in [1.807, 2.05) is 12.1 Å². The second-order valence-electron chi connectivity index (χ2n) is 17.3. The maximum absolute atomic E-state index is 6.16. The van der Waals surface area contributed by atoms with Gasteiger partial charge in [-0.2, -0.15) is 0 Å². The third kappa shape index (κ3) is 6.17. The van der Waals surface area contributed by atoms with Crippen LogP contribution >= 0.6 is 0 Å². The third-order valence-electron chi connectivity index (χ3n) is 13.3. The Kier molecular flexibility index (Phi) is 8.55. The molecule has 2 nitrogen and oxygen atoms in total. The minimum Gasteiger partial charge on any atom is -0.456 e. The Morgan fingerprint density at radius 1 is 0.333 bits per heavy atom. The second kappa shape index (κ2) is 14.6. The van der Waals surface area contributed by atoms with Gasteiger partial charge >= 0.3 is 0 Å². The van der Waals surface area contributed by atoms with Gasteiger partial charge in [0.1, 0.15) is 11.2 Å². The van der Waals surface area contributed by atoms with E-state index in [1.54, 1.807) is 0 Å². The van der Waals surface area contributed by atoms with Gasteiger partial charge in [0.2, 0.25) is 0 Å². The first kappa shape index (κ1) is 36.9. The minimum absolute atomic E-state index is 0.0580. The maximum atomic E-state index is 6.16. The lowest BCUT2D eigenvalue weighted by atomic mass is 9.81. The van der Waals surface area contributed by atoms with Crippen molar-refractivity contribution in [3.8, 4) is 55.6 Å². The van der Waals surface area contributed by atoms with Crippen molar-refractivity contribution in [3.05, 3.63) is 236 Å². The van der Waals surface area contributed by atoms with Crippen molar-refractivity contribution < 1.29 is 4.42 Å². The fraction of sp³-hybridized carbons (Fsp3) is 0.0492. The maximum Gasteiger partial charge on any atom is 0.135 e. The molecule has 1 heterocycles. The average molecular weight is 806 g/mol. The molecule has 0 amide bonds. The largest absolute Gasteiger partial charge is 0.456 e. The number of nitrogens with zero attached hydrogens (tertiary/aromatic N) is 1. The van der Waals surface area contributed by atoms with E-state index in [9.17, 15) is 0 Å². The Labute approximate surface area is 368 Å². The summed E-state index contributed by atoms with van der Waals surface area (Å²) in [5.74, 6) is 0. The van der Waals surface area contributed by atoms with Crippen molar-refractivity contribution in [3.63, 3.8) is 0 Å². The van der Waals surface area contributed by atoms with E-state index in [1.165, 1.54) is 55.3 Å². The van der Waals surface area contributed by atoms with Gasteiger partial charge in [0.05, 0.1) is 5.69 Å². The molecule has 0 N–H and O–H groups in total. The Bertz CT molecular complexity index is 3530. The summed E-state index contributed by atoms with van der Waals surface area (Å²) in [6, 6.07) is 81.8. The molecule has 11 aromatic rings. The van der Waals surface area contributed by atoms with Crippen LogP contribution in [0.15, 0.2) is 229 Å². The number of rotatable bonds is 7. The smallest absolute Gasteiger partial charge is 0.135 e. The molecular formula is C61H43NO. The molecular weight excluding hydrogens is 763 g/mol. The highest BCUT2D eigenvalue weighted by molar-refractivity contribution is 6.06. The molecule has 0 spiro atoms. The Morgan fingerprint density at radius 2 is 0.873 bits per heavy atom. The first-order valence-corrected chi connectivity index (χ1v) is 21.8. The topological polar surface area (TPSA) is 16.4 Å². The highest BCUT2D eigenvalue weighted by atomic mass is 16.3. The van der Waals surface area contributed by atoms with Crippen molar-refractivity contribution in [2.75, 3.05) is 4.90 Å². The van der Waals surface area contributed by atoms with Gasteiger partial charge in [0, 0.05) is 33.1 Å². The summed E-state index contributed by atoms with van der Waals surface area (Å²) in [4.78, 5) is 2.41. The summed E-state index contributed by atoms with van der Waals surface area (Å²) >= 11 is 0. The molecule has 1 aliphatic carbocycles. The second-order valence-corrected chi connectivity index (χ2v) is 17.3. The number of anilines is 3. The van der Waals surface area contributed by atoms with E-state index in [0.29, 0.717) is 0 Å². The van der Waals surface area contributed by atoms with Crippen molar-refractivity contribution >= 4 is 49.8 Å². The van der Waals surface area contributed by atoms with E-state index >= 15 is 0 Å². The van der Waals surface area contributed by atoms with Crippen molar-refractivity contribution in [1.29, 1.82) is 0 Å². The highest BCUT2D eigenvalue weighted by Crippen LogP contribution is 2.50. The van der Waals surface area contributed by atoms with Crippen LogP contribution in [0.4, 0.5) is 17.1 Å². The van der Waals surface area contributed by atoms with Crippen LogP contribution in [-0.4, -0.2) is 0 Å². The molecule has 63 heavy (non-hydrogen) atoms. The molecule has 298 valence electrons. The molecule has 1 aliphatic rings. The lowest BCUT2D eigenvalue weighted by Gasteiger charge is -2.28. The van der Waals surface area contributed by atoms with Crippen LogP contribution in [0.2, 0.25) is 0 Å². The zero-order chi connectivity index (χ0) is 42.1. The molecule has 1 aromatic heterocycles. The average Bonchev–Trinajstić information content (AvgIpc) is 3.83. The minimum atomic E-state index is -0.0580. The fourth-order valence-corrected chi connectivity index (χ4v) is 10.1. The van der Waals surface area contributed by atoms with Gasteiger partial charge in [-0.15, -0.1) is 0 Å². The Hall–Kier alpha value is -7.94. The van der Waals surface area contributed by atoms with E-state index in [-0.39, 0.29) is 5.41 Å². The lowest BCUT2D eigenvalue weighted by molar-refractivity contribution is 0.660. The van der Waals surface area contributed by atoms with Crippen molar-refractivity contribution in [1.82, 2.24) is 0 Å². The van der Waals surface area contributed by atoms with Crippen molar-refractivity contribution in [2.24, 2.45) is 0 Å². The monoisotopic (exact) mass is 805 g/mol. The molecule has 0 bridgehead atoms. The van der Waals surface area contributed by atoms with Gasteiger partial charge < -0.3 is 9.32 Å². The number of fused-ring (bicyclic) bond motifs is 7. The predicted octanol–water partition coefficient (Wildman–Crippen LogP) is 17.2. The Balaban J connectivity index is 0.961. The van der Waals surface area contributed by atoms with E-state index in [4.69, 9.17) is 4.42 Å². The summed E-state index contributed by atoms with van der Waals surface area (Å²) in [6.07, 6.45) is 0. The molecule has 2 heteroatoms. The third-order valence-corrected chi connectivity index (χ3v) is 13.3. The van der Waals surface area contributed by atoms with Gasteiger partial charge in [-0.05, 0) is 133 Å². The summed E-state index contributed by atoms with van der Waals surface area (Å²) in [5.41, 5.74) is 20.0. The van der Waals surface area contributed by atoms with Gasteiger partial charge in [0.25, 0.3) is 0 Å². The molecule has 0 atom stereocenters. The van der Waals surface area contributed by atoms with Crippen molar-refractivity contribution in [2.45, 2.75) is 19.3 Å². The molecule has 12 rings (SSSR count). The van der Waals surface area contributed by atoms with Gasteiger partial charge in [0.15, 0.2) is 0 Å². The van der Waals surface area contributed by atoms with Gasteiger partial charge in [-0.3, -0.25) is 0 Å². The first-order valence-electron chi connectivity index (χ1n) is 21.8. The van der Waals surface area contributed by atoms with Crippen LogP contribution in [0.3, 0.4) is 0 Å². The lowest BCUT2D eigenvalue weighted by Crippen LogP contribution is -2.14. The van der Waals surface area contributed by atoms with Crippen LogP contribution in [0, 0.1) is 0 Å². The predicted molar refractivity (Wildman–Crippen MR) is 265 cm³/mol. The highest BCUT2D eigenvalue weighted by Gasteiger charge is 2.35. The number of hydrogen-bond donors (Lipinski definition) is 0.